The van der Waals surface area contributed by atoms with Crippen molar-refractivity contribution in [2.75, 3.05) is 12.3 Å². The Kier molecular flexibility index (Phi) is 7.66. The summed E-state index contributed by atoms with van der Waals surface area (Å²) >= 11 is 7.10. The number of H-pyrrole nitrogens is 1. The van der Waals surface area contributed by atoms with Crippen molar-refractivity contribution < 1.29 is 28.9 Å². The number of alkyl halides is 1. The van der Waals surface area contributed by atoms with E-state index >= 15 is 4.39 Å². The van der Waals surface area contributed by atoms with Crippen LogP contribution in [0.4, 0.5) is 10.2 Å². The summed E-state index contributed by atoms with van der Waals surface area (Å²) in [6.45, 7) is -0.496. The second-order valence-corrected chi connectivity index (χ2v) is 10.9. The third-order valence-electron chi connectivity index (χ3n) is 7.21. The van der Waals surface area contributed by atoms with Crippen molar-refractivity contribution in [3.8, 4) is 11.1 Å². The minimum Gasteiger partial charge on any atom is -0.479 e. The number of imidazole rings is 1. The van der Waals surface area contributed by atoms with Gasteiger partial charge >= 0.3 is 5.97 Å². The Morgan fingerprint density at radius 2 is 2.05 bits per heavy atom. The molecule has 4 aromatic heterocycles. The van der Waals surface area contributed by atoms with E-state index in [1.54, 1.807) is 41.8 Å². The maximum atomic E-state index is 15.4. The first-order valence-electron chi connectivity index (χ1n) is 12.8. The van der Waals surface area contributed by atoms with E-state index in [1.165, 1.54) is 33.9 Å². The standard InChI is InChI=1S/C27H23ClFN7O6S/c28-26-34-21(30)19-22(35-26)36(11-32-19)24-18(29)20(37)16(42-24)9-41-27(25(39)40,17-10-43-12-33-17)8-13-3-5-14(6-4-13)15-2-1-7-31-23(15)38/h1-7,10-12,16,18,20,24,37H,8-9H2,(H,31,38)(H,39,40)(H2,30,34,35)/t16-,18+,20-,24-,27?/m1/s1. The number of benzene rings is 1. The number of nitrogens with two attached hydrogens (primary N) is 1. The smallest absolute Gasteiger partial charge is 0.342 e. The number of aromatic amines is 1. The van der Waals surface area contributed by atoms with Gasteiger partial charge in [-0.15, -0.1) is 11.3 Å². The maximum Gasteiger partial charge on any atom is 0.342 e. The van der Waals surface area contributed by atoms with Crippen molar-refractivity contribution in [1.29, 1.82) is 0 Å². The second-order valence-electron chi connectivity index (χ2n) is 9.81. The number of halogens is 2. The Bertz CT molecular complexity index is 1840. The Morgan fingerprint density at radius 1 is 1.26 bits per heavy atom. The molecule has 1 unspecified atom stereocenters. The highest BCUT2D eigenvalue weighted by molar-refractivity contribution is 7.07. The van der Waals surface area contributed by atoms with Gasteiger partial charge in [-0.25, -0.2) is 19.2 Å². The van der Waals surface area contributed by atoms with Gasteiger partial charge in [0.05, 0.1) is 24.1 Å². The minimum absolute atomic E-state index is 0.0132. The van der Waals surface area contributed by atoms with Gasteiger partial charge in [-0.05, 0) is 34.9 Å². The fourth-order valence-corrected chi connectivity index (χ4v) is 5.79. The minimum atomic E-state index is -2.00. The number of aliphatic hydroxyl groups excluding tert-OH is 1. The van der Waals surface area contributed by atoms with Gasteiger partial charge in [0.15, 0.2) is 23.9 Å². The number of carboxylic acids is 1. The molecule has 6 rings (SSSR count). The van der Waals surface area contributed by atoms with Gasteiger partial charge < -0.3 is 30.4 Å². The third-order valence-corrected chi connectivity index (χ3v) is 7.97. The van der Waals surface area contributed by atoms with Gasteiger partial charge in [0.2, 0.25) is 10.9 Å². The second kappa shape index (κ2) is 11.4. The van der Waals surface area contributed by atoms with E-state index in [2.05, 4.69) is 24.9 Å². The van der Waals surface area contributed by atoms with Gasteiger partial charge in [0.1, 0.15) is 17.7 Å². The molecule has 0 aliphatic carbocycles. The maximum absolute atomic E-state index is 15.4. The molecular weight excluding hydrogens is 605 g/mol. The highest BCUT2D eigenvalue weighted by atomic mass is 35.5. The number of hydrogen-bond acceptors (Lipinski definition) is 11. The number of hydrogen-bond donors (Lipinski definition) is 4. The third kappa shape index (κ3) is 5.25. The van der Waals surface area contributed by atoms with Crippen LogP contribution in [0.15, 0.2) is 64.6 Å². The lowest BCUT2D eigenvalue weighted by molar-refractivity contribution is -0.177. The molecule has 1 saturated heterocycles. The quantitative estimate of drug-likeness (QED) is 0.176. The molecule has 0 spiro atoms. The summed E-state index contributed by atoms with van der Waals surface area (Å²) < 4.78 is 28.5. The van der Waals surface area contributed by atoms with Crippen LogP contribution in [-0.4, -0.2) is 70.7 Å². The summed E-state index contributed by atoms with van der Waals surface area (Å²) in [5.41, 5.74) is 7.11. The number of nitrogens with zero attached hydrogens (tertiary/aromatic N) is 5. The first kappa shape index (κ1) is 28.8. The van der Waals surface area contributed by atoms with Gasteiger partial charge in [-0.1, -0.05) is 24.3 Å². The Balaban J connectivity index is 1.26. The van der Waals surface area contributed by atoms with E-state index < -0.39 is 42.8 Å². The molecule has 5 aromatic rings. The summed E-state index contributed by atoms with van der Waals surface area (Å²) in [7, 11) is 0. The number of aromatic nitrogens is 6. The number of rotatable bonds is 9. The average molecular weight is 628 g/mol. The highest BCUT2D eigenvalue weighted by Crippen LogP contribution is 2.37. The van der Waals surface area contributed by atoms with Crippen LogP contribution in [0.1, 0.15) is 17.5 Å². The number of thiazole rings is 1. The Morgan fingerprint density at radius 3 is 2.74 bits per heavy atom. The van der Waals surface area contributed by atoms with Gasteiger partial charge in [-0.3, -0.25) is 9.36 Å². The number of nitrogen functional groups attached to an aromatic ring is 1. The fourth-order valence-electron chi connectivity index (χ4n) is 5.00. The Hall–Kier alpha value is -4.28. The van der Waals surface area contributed by atoms with Crippen LogP contribution < -0.4 is 11.3 Å². The molecule has 1 fully saturated rings. The van der Waals surface area contributed by atoms with Crippen LogP contribution in [0.3, 0.4) is 0 Å². The average Bonchev–Trinajstić information content (AvgIpc) is 3.73. The molecule has 5 atom stereocenters. The number of pyridine rings is 1. The van der Waals surface area contributed by atoms with Crippen molar-refractivity contribution in [1.82, 2.24) is 29.5 Å². The molecule has 13 nitrogen and oxygen atoms in total. The summed E-state index contributed by atoms with van der Waals surface area (Å²) in [6.07, 6.45) is -3.67. The van der Waals surface area contributed by atoms with Crippen molar-refractivity contribution >= 4 is 45.9 Å². The summed E-state index contributed by atoms with van der Waals surface area (Å²) in [4.78, 5) is 43.8. The van der Waals surface area contributed by atoms with Gasteiger partial charge in [0.25, 0.3) is 5.56 Å². The zero-order chi connectivity index (χ0) is 30.3. The molecule has 5 heterocycles. The van der Waals surface area contributed by atoms with Crippen molar-refractivity contribution in [2.45, 2.75) is 36.6 Å². The van der Waals surface area contributed by atoms with Crippen LogP contribution in [0.2, 0.25) is 5.28 Å². The molecule has 0 radical (unpaired) electrons. The lowest BCUT2D eigenvalue weighted by Crippen LogP contribution is -2.44. The number of aliphatic carboxylic acids is 1. The molecule has 1 aliphatic heterocycles. The van der Waals surface area contributed by atoms with Gasteiger partial charge in [-0.2, -0.15) is 9.97 Å². The van der Waals surface area contributed by atoms with Crippen LogP contribution >= 0.6 is 22.9 Å². The van der Waals surface area contributed by atoms with E-state index in [9.17, 15) is 19.8 Å². The summed E-state index contributed by atoms with van der Waals surface area (Å²) in [5, 5.41) is 22.6. The molecule has 1 aliphatic rings. The molecule has 43 heavy (non-hydrogen) atoms. The van der Waals surface area contributed by atoms with Crippen molar-refractivity contribution in [3.63, 3.8) is 0 Å². The van der Waals surface area contributed by atoms with Crippen molar-refractivity contribution in [3.05, 3.63) is 86.7 Å². The number of nitrogens with one attached hydrogen (secondary N) is 1. The van der Waals surface area contributed by atoms with E-state index in [4.69, 9.17) is 26.8 Å². The largest absolute Gasteiger partial charge is 0.479 e. The fraction of sp³-hybridized carbons (Fsp3) is 0.259. The monoisotopic (exact) mass is 627 g/mol. The SMILES string of the molecule is Nc1nc(Cl)nc2c1ncn2[C@@H]1O[C@H](COC(Cc2ccc(-c3ccc[nH]c3=O)cc2)(C(=O)O)c2cscn2)[C@@H](O)[C@@H]1F. The first-order valence-corrected chi connectivity index (χ1v) is 14.2. The number of fused-ring (bicyclic) bond motifs is 1. The first-order chi connectivity index (χ1) is 20.7. The lowest BCUT2D eigenvalue weighted by atomic mass is 9.90. The highest BCUT2D eigenvalue weighted by Gasteiger charge is 2.49. The molecule has 1 aromatic carbocycles. The topological polar surface area (TPSA) is 191 Å². The molecule has 0 amide bonds. The number of carbonyl (C=O) groups is 1. The number of carboxylic acid groups (broad SMARTS) is 1. The summed E-state index contributed by atoms with van der Waals surface area (Å²) in [5.74, 6) is -1.36. The molecule has 0 bridgehead atoms. The predicted molar refractivity (Wildman–Crippen MR) is 153 cm³/mol. The molecule has 5 N–H and O–H groups in total. The molecular formula is C27H23ClFN7O6S. The molecule has 16 heteroatoms. The zero-order valence-electron chi connectivity index (χ0n) is 22.0. The van der Waals surface area contributed by atoms with E-state index in [0.717, 1.165) is 0 Å². The van der Waals surface area contributed by atoms with Crippen LogP contribution in [0, 0.1) is 0 Å². The normalized spacial score (nSPS) is 21.7. The number of anilines is 1. The van der Waals surface area contributed by atoms with Crippen LogP contribution in [0.25, 0.3) is 22.3 Å². The van der Waals surface area contributed by atoms with Gasteiger partial charge in [0, 0.05) is 23.6 Å². The van der Waals surface area contributed by atoms with Crippen LogP contribution in [-0.2, 0) is 26.3 Å². The van der Waals surface area contributed by atoms with E-state index in [0.29, 0.717) is 16.7 Å². The molecule has 222 valence electrons. The predicted octanol–water partition coefficient (Wildman–Crippen LogP) is 2.71. The van der Waals surface area contributed by atoms with E-state index in [1.807, 2.05) is 0 Å². The van der Waals surface area contributed by atoms with Crippen LogP contribution in [0.5, 0.6) is 0 Å². The molecule has 0 saturated carbocycles. The number of aliphatic hydroxyl groups is 1. The van der Waals surface area contributed by atoms with Crippen molar-refractivity contribution in [2.24, 2.45) is 0 Å². The lowest BCUT2D eigenvalue weighted by Gasteiger charge is -2.30. The Labute approximate surface area is 250 Å². The number of ether oxygens (including phenoxy) is 2. The zero-order valence-corrected chi connectivity index (χ0v) is 23.6. The summed E-state index contributed by atoms with van der Waals surface area (Å²) in [6, 6.07) is 10.2. The van der Waals surface area contributed by atoms with E-state index in [-0.39, 0.29) is 39.9 Å².